The maximum Gasteiger partial charge on any atom is 0.0589 e. The summed E-state index contributed by atoms with van der Waals surface area (Å²) in [6, 6.07) is 8.88. The van der Waals surface area contributed by atoms with Crippen molar-refractivity contribution in [3.05, 3.63) is 35.4 Å². The summed E-state index contributed by atoms with van der Waals surface area (Å²) in [5.74, 6) is 0. The van der Waals surface area contributed by atoms with Crippen LogP contribution in [-0.2, 0) is 9.47 Å². The molecule has 4 heteroatoms. The van der Waals surface area contributed by atoms with E-state index in [0.29, 0.717) is 6.61 Å². The van der Waals surface area contributed by atoms with E-state index in [0.717, 1.165) is 26.1 Å². The number of nitrogens with two attached hydrogens (primary N) is 1. The molecule has 2 atom stereocenters. The smallest absolute Gasteiger partial charge is 0.0589 e. The molecular formula is C17H30N2O2. The Morgan fingerprint density at radius 2 is 1.86 bits per heavy atom. The molecular weight excluding hydrogens is 264 g/mol. The highest BCUT2D eigenvalue weighted by Crippen LogP contribution is 2.24. The Bertz CT molecular complexity index is 396. The largest absolute Gasteiger partial charge is 0.385 e. The average Bonchev–Trinajstić information content (AvgIpc) is 2.44. The molecule has 0 heterocycles. The van der Waals surface area contributed by atoms with Gasteiger partial charge in [0.2, 0.25) is 0 Å². The number of nitrogens with zero attached hydrogens (tertiary/aromatic N) is 1. The van der Waals surface area contributed by atoms with Crippen LogP contribution in [0.25, 0.3) is 0 Å². The molecule has 0 amide bonds. The molecule has 0 aliphatic carbocycles. The SMILES string of the molecule is COCCCN(CCOC)C(c1cccc(C)c1)C(C)N. The lowest BCUT2D eigenvalue weighted by Crippen LogP contribution is -2.42. The van der Waals surface area contributed by atoms with Gasteiger partial charge in [-0.3, -0.25) is 4.90 Å². The molecule has 1 aromatic rings. The minimum absolute atomic E-state index is 0.0613. The van der Waals surface area contributed by atoms with E-state index in [2.05, 4.69) is 43.0 Å². The van der Waals surface area contributed by atoms with E-state index in [1.165, 1.54) is 11.1 Å². The molecule has 0 saturated carbocycles. The number of benzene rings is 1. The number of hydrogen-bond acceptors (Lipinski definition) is 4. The normalized spacial score (nSPS) is 14.4. The number of ether oxygens (including phenoxy) is 2. The third kappa shape index (κ3) is 6.14. The van der Waals surface area contributed by atoms with Crippen molar-refractivity contribution in [3.63, 3.8) is 0 Å². The highest BCUT2D eigenvalue weighted by molar-refractivity contribution is 5.26. The summed E-state index contributed by atoms with van der Waals surface area (Å²) < 4.78 is 10.4. The van der Waals surface area contributed by atoms with Crippen molar-refractivity contribution >= 4 is 0 Å². The van der Waals surface area contributed by atoms with Crippen molar-refractivity contribution in [1.82, 2.24) is 4.90 Å². The summed E-state index contributed by atoms with van der Waals surface area (Å²) in [6.45, 7) is 7.50. The highest BCUT2D eigenvalue weighted by atomic mass is 16.5. The topological polar surface area (TPSA) is 47.7 Å². The van der Waals surface area contributed by atoms with Gasteiger partial charge in [-0.05, 0) is 25.8 Å². The van der Waals surface area contributed by atoms with Gasteiger partial charge < -0.3 is 15.2 Å². The minimum Gasteiger partial charge on any atom is -0.385 e. The first-order valence-corrected chi connectivity index (χ1v) is 7.64. The monoisotopic (exact) mass is 294 g/mol. The lowest BCUT2D eigenvalue weighted by Gasteiger charge is -2.34. The molecule has 0 fully saturated rings. The number of hydrogen-bond donors (Lipinski definition) is 1. The van der Waals surface area contributed by atoms with Gasteiger partial charge in [-0.15, -0.1) is 0 Å². The van der Waals surface area contributed by atoms with E-state index in [4.69, 9.17) is 15.2 Å². The van der Waals surface area contributed by atoms with Gasteiger partial charge in [0, 0.05) is 46.0 Å². The van der Waals surface area contributed by atoms with Crippen molar-refractivity contribution in [2.24, 2.45) is 5.73 Å². The van der Waals surface area contributed by atoms with Gasteiger partial charge >= 0.3 is 0 Å². The lowest BCUT2D eigenvalue weighted by molar-refractivity contribution is 0.0981. The number of aryl methyl sites for hydroxylation is 1. The number of rotatable bonds is 10. The molecule has 2 unspecified atom stereocenters. The van der Waals surface area contributed by atoms with Gasteiger partial charge in [0.1, 0.15) is 0 Å². The van der Waals surface area contributed by atoms with Gasteiger partial charge in [-0.25, -0.2) is 0 Å². The minimum atomic E-state index is 0.0613. The Morgan fingerprint density at radius 1 is 1.14 bits per heavy atom. The fraction of sp³-hybridized carbons (Fsp3) is 0.647. The van der Waals surface area contributed by atoms with Gasteiger partial charge in [-0.2, -0.15) is 0 Å². The quantitative estimate of drug-likeness (QED) is 0.673. The molecule has 4 nitrogen and oxygen atoms in total. The highest BCUT2D eigenvalue weighted by Gasteiger charge is 2.23. The third-order valence-electron chi connectivity index (χ3n) is 3.65. The average molecular weight is 294 g/mol. The fourth-order valence-electron chi connectivity index (χ4n) is 2.71. The predicted octanol–water partition coefficient (Wildman–Crippen LogP) is 2.37. The standard InChI is InChI=1S/C17H30N2O2/c1-14-7-5-8-16(13-14)17(15(2)18)19(10-12-21-4)9-6-11-20-3/h5,7-8,13,15,17H,6,9-12,18H2,1-4H3. The summed E-state index contributed by atoms with van der Waals surface area (Å²) in [7, 11) is 3.48. The van der Waals surface area contributed by atoms with Crippen LogP contribution < -0.4 is 5.73 Å². The third-order valence-corrected chi connectivity index (χ3v) is 3.65. The van der Waals surface area contributed by atoms with Gasteiger partial charge in [0.15, 0.2) is 0 Å². The molecule has 0 bridgehead atoms. The zero-order chi connectivity index (χ0) is 15.7. The summed E-state index contributed by atoms with van der Waals surface area (Å²) >= 11 is 0. The summed E-state index contributed by atoms with van der Waals surface area (Å²) in [6.07, 6.45) is 0.995. The molecule has 21 heavy (non-hydrogen) atoms. The van der Waals surface area contributed by atoms with E-state index in [1.54, 1.807) is 14.2 Å². The first-order valence-electron chi connectivity index (χ1n) is 7.64. The van der Waals surface area contributed by atoms with E-state index in [9.17, 15) is 0 Å². The fourth-order valence-corrected chi connectivity index (χ4v) is 2.71. The van der Waals surface area contributed by atoms with Crippen LogP contribution in [0.4, 0.5) is 0 Å². The number of methoxy groups -OCH3 is 2. The van der Waals surface area contributed by atoms with Gasteiger partial charge in [-0.1, -0.05) is 29.8 Å². The van der Waals surface area contributed by atoms with E-state index < -0.39 is 0 Å². The van der Waals surface area contributed by atoms with Crippen LogP contribution in [0.15, 0.2) is 24.3 Å². The molecule has 1 aromatic carbocycles. The van der Waals surface area contributed by atoms with Crippen LogP contribution in [0.3, 0.4) is 0 Å². The van der Waals surface area contributed by atoms with Crippen LogP contribution in [0.2, 0.25) is 0 Å². The second-order valence-corrected chi connectivity index (χ2v) is 5.59. The van der Waals surface area contributed by atoms with Crippen molar-refractivity contribution in [2.45, 2.75) is 32.4 Å². The van der Waals surface area contributed by atoms with E-state index in [-0.39, 0.29) is 12.1 Å². The van der Waals surface area contributed by atoms with Gasteiger partial charge in [0.05, 0.1) is 6.61 Å². The van der Waals surface area contributed by atoms with Crippen molar-refractivity contribution in [1.29, 1.82) is 0 Å². The van der Waals surface area contributed by atoms with Crippen LogP contribution in [0.1, 0.15) is 30.5 Å². The Hall–Kier alpha value is -0.940. The Balaban J connectivity index is 2.89. The second kappa shape index (κ2) is 9.90. The zero-order valence-corrected chi connectivity index (χ0v) is 13.8. The molecule has 1 rings (SSSR count). The molecule has 0 aliphatic rings. The van der Waals surface area contributed by atoms with Crippen LogP contribution >= 0.6 is 0 Å². The first-order chi connectivity index (χ1) is 10.1. The van der Waals surface area contributed by atoms with Gasteiger partial charge in [0.25, 0.3) is 0 Å². The summed E-state index contributed by atoms with van der Waals surface area (Å²) in [5, 5.41) is 0. The molecule has 0 aromatic heterocycles. The molecule has 2 N–H and O–H groups in total. The summed E-state index contributed by atoms with van der Waals surface area (Å²) in [4.78, 5) is 2.40. The van der Waals surface area contributed by atoms with Crippen LogP contribution in [-0.4, -0.2) is 51.5 Å². The maximum atomic E-state index is 6.28. The predicted molar refractivity (Wildman–Crippen MR) is 87.5 cm³/mol. The Kier molecular flexibility index (Phi) is 8.54. The van der Waals surface area contributed by atoms with Crippen LogP contribution in [0.5, 0.6) is 0 Å². The maximum absolute atomic E-state index is 6.28. The van der Waals surface area contributed by atoms with Crippen molar-refractivity contribution in [2.75, 3.05) is 40.5 Å². The van der Waals surface area contributed by atoms with Crippen molar-refractivity contribution in [3.8, 4) is 0 Å². The van der Waals surface area contributed by atoms with E-state index >= 15 is 0 Å². The Labute approximate surface area is 129 Å². The molecule has 120 valence electrons. The Morgan fingerprint density at radius 3 is 2.43 bits per heavy atom. The summed E-state index contributed by atoms with van der Waals surface area (Å²) in [5.41, 5.74) is 8.82. The molecule has 0 radical (unpaired) electrons. The molecule has 0 aliphatic heterocycles. The molecule has 0 saturated heterocycles. The lowest BCUT2D eigenvalue weighted by atomic mass is 9.97. The van der Waals surface area contributed by atoms with Crippen molar-refractivity contribution < 1.29 is 9.47 Å². The van der Waals surface area contributed by atoms with E-state index in [1.807, 2.05) is 0 Å². The van der Waals surface area contributed by atoms with Crippen LogP contribution in [0, 0.1) is 6.92 Å². The zero-order valence-electron chi connectivity index (χ0n) is 13.8. The first kappa shape index (κ1) is 18.1. The molecule has 0 spiro atoms. The second-order valence-electron chi connectivity index (χ2n) is 5.59.